The van der Waals surface area contributed by atoms with Gasteiger partial charge in [-0.3, -0.25) is 19.0 Å². The number of nitrogens with zero attached hydrogens (tertiary/aromatic N) is 4. The van der Waals surface area contributed by atoms with Crippen molar-refractivity contribution in [3.8, 4) is 0 Å². The van der Waals surface area contributed by atoms with Crippen molar-refractivity contribution in [3.05, 3.63) is 62.2 Å². The first-order valence-electron chi connectivity index (χ1n) is 9.78. The van der Waals surface area contributed by atoms with E-state index in [4.69, 9.17) is 0 Å². The third kappa shape index (κ3) is 2.70. The van der Waals surface area contributed by atoms with E-state index in [9.17, 15) is 18.8 Å². The van der Waals surface area contributed by atoms with Crippen molar-refractivity contribution in [1.29, 1.82) is 0 Å². The van der Waals surface area contributed by atoms with Gasteiger partial charge in [-0.05, 0) is 43.0 Å². The number of benzene rings is 1. The topological polar surface area (TPSA) is 77.2 Å². The van der Waals surface area contributed by atoms with Gasteiger partial charge in [0.1, 0.15) is 11.6 Å². The zero-order valence-electron chi connectivity index (χ0n) is 15.4. The van der Waals surface area contributed by atoms with Crippen molar-refractivity contribution in [1.82, 2.24) is 19.2 Å². The smallest absolute Gasteiger partial charge is 0.332 e. The fourth-order valence-electron chi connectivity index (χ4n) is 4.57. The molecule has 1 saturated heterocycles. The van der Waals surface area contributed by atoms with Gasteiger partial charge in [-0.15, -0.1) is 0 Å². The van der Waals surface area contributed by atoms with Crippen LogP contribution in [-0.2, 0) is 13.1 Å². The van der Waals surface area contributed by atoms with Crippen LogP contribution in [0.25, 0.3) is 0 Å². The molecule has 28 heavy (non-hydrogen) atoms. The van der Waals surface area contributed by atoms with E-state index in [-0.39, 0.29) is 23.6 Å². The van der Waals surface area contributed by atoms with E-state index in [0.29, 0.717) is 43.5 Å². The maximum Gasteiger partial charge on any atom is 0.332 e. The second-order valence-electron chi connectivity index (χ2n) is 8.14. The van der Waals surface area contributed by atoms with Crippen molar-refractivity contribution >= 4 is 5.91 Å². The van der Waals surface area contributed by atoms with Crippen molar-refractivity contribution in [2.75, 3.05) is 13.1 Å². The predicted octanol–water partition coefficient (Wildman–Crippen LogP) is 1.21. The van der Waals surface area contributed by atoms with Crippen LogP contribution in [0.2, 0.25) is 0 Å². The lowest BCUT2D eigenvalue weighted by Gasteiger charge is -2.25. The van der Waals surface area contributed by atoms with Crippen LogP contribution in [0.3, 0.4) is 0 Å². The predicted molar refractivity (Wildman–Crippen MR) is 98.6 cm³/mol. The molecule has 3 heterocycles. The van der Waals surface area contributed by atoms with Gasteiger partial charge in [-0.2, -0.15) is 5.10 Å². The molecule has 8 heteroatoms. The lowest BCUT2D eigenvalue weighted by atomic mass is 9.85. The molecule has 0 radical (unpaired) electrons. The van der Waals surface area contributed by atoms with Gasteiger partial charge in [0.15, 0.2) is 0 Å². The third-order valence-electron chi connectivity index (χ3n) is 6.39. The number of hydrogen-bond acceptors (Lipinski definition) is 4. The van der Waals surface area contributed by atoms with Gasteiger partial charge >= 0.3 is 11.1 Å². The fraction of sp³-hybridized carbons (Fsp3) is 0.500. The number of fused-ring (bicyclic) bond motifs is 3. The number of halogens is 1. The number of likely N-dealkylation sites (tertiary alicyclic amines) is 1. The second kappa shape index (κ2) is 6.39. The summed E-state index contributed by atoms with van der Waals surface area (Å²) in [7, 11) is 0. The van der Waals surface area contributed by atoms with Gasteiger partial charge in [0, 0.05) is 43.6 Å². The molecule has 2 fully saturated rings. The SMILES string of the molecule is O=C(c1ccc(F)cc1)N1CC2Cn3c(nn(CC4CCC4)c(=O)c3=O)C2C1. The van der Waals surface area contributed by atoms with Crippen molar-refractivity contribution in [2.24, 2.45) is 11.8 Å². The Morgan fingerprint density at radius 2 is 1.82 bits per heavy atom. The summed E-state index contributed by atoms with van der Waals surface area (Å²) in [6.45, 7) is 1.87. The van der Waals surface area contributed by atoms with Crippen LogP contribution >= 0.6 is 0 Å². The van der Waals surface area contributed by atoms with Crippen LogP contribution in [0.4, 0.5) is 4.39 Å². The maximum atomic E-state index is 13.1. The Morgan fingerprint density at radius 3 is 2.50 bits per heavy atom. The molecule has 1 saturated carbocycles. The number of amides is 1. The molecular formula is C20H21FN4O3. The van der Waals surface area contributed by atoms with Crippen LogP contribution in [-0.4, -0.2) is 38.2 Å². The molecule has 1 aliphatic carbocycles. The Labute approximate surface area is 160 Å². The van der Waals surface area contributed by atoms with E-state index in [1.807, 2.05) is 0 Å². The van der Waals surface area contributed by atoms with Crippen molar-refractivity contribution in [2.45, 2.75) is 38.3 Å². The Bertz CT molecular complexity index is 1050. The molecule has 2 aromatic rings. The molecule has 0 spiro atoms. The summed E-state index contributed by atoms with van der Waals surface area (Å²) in [5, 5.41) is 4.54. The van der Waals surface area contributed by atoms with E-state index in [1.165, 1.54) is 33.5 Å². The molecule has 3 aliphatic rings. The summed E-state index contributed by atoms with van der Waals surface area (Å²) in [5.41, 5.74) is -0.605. The first-order valence-corrected chi connectivity index (χ1v) is 9.78. The van der Waals surface area contributed by atoms with Crippen LogP contribution < -0.4 is 11.1 Å². The maximum absolute atomic E-state index is 13.1. The number of carbonyl (C=O) groups excluding carboxylic acids is 1. The highest BCUT2D eigenvalue weighted by Crippen LogP contribution is 2.37. The Kier molecular flexibility index (Phi) is 3.96. The molecule has 1 amide bonds. The zero-order valence-corrected chi connectivity index (χ0v) is 15.4. The number of rotatable bonds is 3. The number of carbonyl (C=O) groups is 1. The van der Waals surface area contributed by atoms with E-state index in [0.717, 1.165) is 19.3 Å². The monoisotopic (exact) mass is 384 g/mol. The zero-order chi connectivity index (χ0) is 19.4. The number of hydrogen-bond donors (Lipinski definition) is 0. The molecule has 146 valence electrons. The first kappa shape index (κ1) is 17.3. The highest BCUT2D eigenvalue weighted by atomic mass is 19.1. The van der Waals surface area contributed by atoms with Gasteiger partial charge in [-0.1, -0.05) is 6.42 Å². The molecule has 5 rings (SSSR count). The first-order chi connectivity index (χ1) is 13.5. The normalized spacial score (nSPS) is 23.4. The molecule has 2 atom stereocenters. The Balaban J connectivity index is 1.41. The molecule has 7 nitrogen and oxygen atoms in total. The van der Waals surface area contributed by atoms with Crippen LogP contribution in [0.15, 0.2) is 33.9 Å². The Morgan fingerprint density at radius 1 is 1.07 bits per heavy atom. The third-order valence-corrected chi connectivity index (χ3v) is 6.39. The Hall–Kier alpha value is -2.77. The highest BCUT2D eigenvalue weighted by molar-refractivity contribution is 5.94. The minimum Gasteiger partial charge on any atom is -0.338 e. The van der Waals surface area contributed by atoms with E-state index >= 15 is 0 Å². The summed E-state index contributed by atoms with van der Waals surface area (Å²) < 4.78 is 15.9. The molecule has 0 N–H and O–H groups in total. The second-order valence-corrected chi connectivity index (χ2v) is 8.14. The lowest BCUT2D eigenvalue weighted by Crippen LogP contribution is -2.45. The van der Waals surface area contributed by atoms with Gasteiger partial charge in [0.05, 0.1) is 0 Å². The lowest BCUT2D eigenvalue weighted by molar-refractivity contribution is 0.0782. The fourth-order valence-corrected chi connectivity index (χ4v) is 4.57. The summed E-state index contributed by atoms with van der Waals surface area (Å²) in [6.07, 6.45) is 3.30. The van der Waals surface area contributed by atoms with E-state index in [2.05, 4.69) is 5.10 Å². The summed E-state index contributed by atoms with van der Waals surface area (Å²) in [6, 6.07) is 5.52. The van der Waals surface area contributed by atoms with Crippen LogP contribution in [0.5, 0.6) is 0 Å². The average Bonchev–Trinajstić information content (AvgIpc) is 3.21. The minimum absolute atomic E-state index is 0.0506. The van der Waals surface area contributed by atoms with Crippen molar-refractivity contribution < 1.29 is 9.18 Å². The standard InChI is InChI=1S/C20H21FN4O3/c21-15-6-4-13(5-7-15)18(26)23-9-14-10-24-17(16(14)11-23)22-25(20(28)19(24)27)8-12-2-1-3-12/h4-7,12,14,16H,1-3,8-11H2. The molecule has 1 aromatic heterocycles. The van der Waals surface area contributed by atoms with Gasteiger partial charge in [-0.25, -0.2) is 9.07 Å². The molecule has 0 bridgehead atoms. The van der Waals surface area contributed by atoms with E-state index < -0.39 is 11.1 Å². The summed E-state index contributed by atoms with van der Waals surface area (Å²) in [4.78, 5) is 39.4. The van der Waals surface area contributed by atoms with Gasteiger partial charge in [0.2, 0.25) is 0 Å². The quantitative estimate of drug-likeness (QED) is 0.746. The summed E-state index contributed by atoms with van der Waals surface area (Å²) in [5.74, 6) is 0.532. The van der Waals surface area contributed by atoms with E-state index in [1.54, 1.807) is 4.90 Å². The van der Waals surface area contributed by atoms with Gasteiger partial charge < -0.3 is 4.90 Å². The average molecular weight is 384 g/mol. The highest BCUT2D eigenvalue weighted by Gasteiger charge is 2.44. The molecule has 1 aromatic carbocycles. The van der Waals surface area contributed by atoms with Crippen LogP contribution in [0.1, 0.15) is 41.4 Å². The largest absolute Gasteiger partial charge is 0.338 e. The van der Waals surface area contributed by atoms with Gasteiger partial charge in [0.25, 0.3) is 5.91 Å². The molecule has 2 unspecified atom stereocenters. The van der Waals surface area contributed by atoms with Crippen LogP contribution in [0, 0.1) is 17.7 Å². The number of aromatic nitrogens is 3. The van der Waals surface area contributed by atoms with Crippen molar-refractivity contribution in [3.63, 3.8) is 0 Å². The molecular weight excluding hydrogens is 363 g/mol. The minimum atomic E-state index is -0.546. The molecule has 2 aliphatic heterocycles. The summed E-state index contributed by atoms with van der Waals surface area (Å²) >= 11 is 0.